The molecule has 0 aliphatic carbocycles. The maximum absolute atomic E-state index is 12.9. The first-order chi connectivity index (χ1) is 13.6. The summed E-state index contributed by atoms with van der Waals surface area (Å²) >= 11 is 1.43. The Balaban J connectivity index is 1.71. The van der Waals surface area contributed by atoms with E-state index in [2.05, 4.69) is 10.3 Å². The predicted octanol–water partition coefficient (Wildman–Crippen LogP) is 4.61. The molecule has 0 spiro atoms. The Morgan fingerprint density at radius 1 is 1.07 bits per heavy atom. The molecular weight excluding hydrogens is 370 g/mol. The minimum absolute atomic E-state index is 0.000789. The Hall–Kier alpha value is -2.99. The molecule has 0 aliphatic rings. The van der Waals surface area contributed by atoms with Crippen LogP contribution >= 0.6 is 11.3 Å². The van der Waals surface area contributed by atoms with Crippen molar-refractivity contribution in [3.05, 3.63) is 71.2 Å². The fraction of sp³-hybridized carbons (Fsp3) is 0.227. The molecule has 0 unspecified atom stereocenters. The minimum Gasteiger partial charge on any atom is -0.328 e. The number of hydrogen-bond donors (Lipinski definition) is 1. The molecule has 6 heteroatoms. The van der Waals surface area contributed by atoms with Crippen molar-refractivity contribution in [3.8, 4) is 10.6 Å². The molecule has 0 saturated heterocycles. The maximum atomic E-state index is 12.9. The lowest BCUT2D eigenvalue weighted by Crippen LogP contribution is -2.38. The van der Waals surface area contributed by atoms with E-state index in [0.717, 1.165) is 28.2 Å². The van der Waals surface area contributed by atoms with E-state index < -0.39 is 0 Å². The van der Waals surface area contributed by atoms with E-state index in [-0.39, 0.29) is 18.4 Å². The first-order valence-corrected chi connectivity index (χ1v) is 10.1. The number of amides is 2. The Bertz CT molecular complexity index is 953. The van der Waals surface area contributed by atoms with E-state index in [0.29, 0.717) is 12.2 Å². The predicted molar refractivity (Wildman–Crippen MR) is 114 cm³/mol. The Kier molecular flexibility index (Phi) is 6.55. The van der Waals surface area contributed by atoms with Gasteiger partial charge in [0.05, 0.1) is 0 Å². The second-order valence-electron chi connectivity index (χ2n) is 6.49. The number of carbonyl (C=O) groups excluding carboxylic acids is 2. The summed E-state index contributed by atoms with van der Waals surface area (Å²) in [6.07, 6.45) is 0.763. The number of nitrogens with one attached hydrogen (secondary N) is 1. The third-order valence-electron chi connectivity index (χ3n) is 4.28. The lowest BCUT2D eigenvalue weighted by Gasteiger charge is -2.21. The van der Waals surface area contributed by atoms with Crippen molar-refractivity contribution < 1.29 is 9.59 Å². The van der Waals surface area contributed by atoms with Gasteiger partial charge in [-0.25, -0.2) is 4.98 Å². The molecule has 1 heterocycles. The van der Waals surface area contributed by atoms with Gasteiger partial charge < -0.3 is 10.2 Å². The number of anilines is 1. The lowest BCUT2D eigenvalue weighted by molar-refractivity contribution is -0.116. The number of thiazole rings is 1. The average Bonchev–Trinajstić information content (AvgIpc) is 3.20. The number of para-hydroxylation sites is 1. The van der Waals surface area contributed by atoms with Crippen molar-refractivity contribution in [2.75, 3.05) is 18.4 Å². The Morgan fingerprint density at radius 3 is 2.50 bits per heavy atom. The van der Waals surface area contributed by atoms with Crippen LogP contribution in [0.5, 0.6) is 0 Å². The molecule has 5 nitrogen and oxygen atoms in total. The monoisotopic (exact) mass is 393 g/mol. The van der Waals surface area contributed by atoms with Gasteiger partial charge in [0.25, 0.3) is 5.91 Å². The summed E-state index contributed by atoms with van der Waals surface area (Å²) in [6, 6.07) is 17.3. The third kappa shape index (κ3) is 4.84. The highest BCUT2D eigenvalue weighted by Gasteiger charge is 2.21. The number of carbonyl (C=O) groups is 2. The molecule has 3 rings (SSSR count). The number of aryl methyl sites for hydroxylation is 1. The van der Waals surface area contributed by atoms with Crippen LogP contribution in [-0.2, 0) is 4.79 Å². The van der Waals surface area contributed by atoms with Gasteiger partial charge in [-0.15, -0.1) is 11.3 Å². The molecule has 0 aliphatic heterocycles. The number of hydrogen-bond acceptors (Lipinski definition) is 4. The summed E-state index contributed by atoms with van der Waals surface area (Å²) in [7, 11) is 0. The summed E-state index contributed by atoms with van der Waals surface area (Å²) in [5, 5.41) is 5.44. The van der Waals surface area contributed by atoms with Crippen molar-refractivity contribution in [2.45, 2.75) is 20.3 Å². The van der Waals surface area contributed by atoms with E-state index in [1.807, 2.05) is 68.4 Å². The van der Waals surface area contributed by atoms with Crippen LogP contribution < -0.4 is 5.32 Å². The zero-order valence-corrected chi connectivity index (χ0v) is 16.8. The van der Waals surface area contributed by atoms with E-state index in [9.17, 15) is 9.59 Å². The van der Waals surface area contributed by atoms with Gasteiger partial charge in [-0.05, 0) is 25.0 Å². The number of nitrogens with zero attached hydrogens (tertiary/aromatic N) is 2. The smallest absolute Gasteiger partial charge is 0.273 e. The van der Waals surface area contributed by atoms with Crippen LogP contribution in [0.3, 0.4) is 0 Å². The molecule has 0 fully saturated rings. The molecule has 0 atom stereocenters. The van der Waals surface area contributed by atoms with E-state index >= 15 is 0 Å². The zero-order valence-electron chi connectivity index (χ0n) is 16.0. The fourth-order valence-corrected chi connectivity index (χ4v) is 3.65. The van der Waals surface area contributed by atoms with Crippen LogP contribution in [0.2, 0.25) is 0 Å². The van der Waals surface area contributed by atoms with Crippen LogP contribution in [0, 0.1) is 6.92 Å². The van der Waals surface area contributed by atoms with Crippen molar-refractivity contribution in [3.63, 3.8) is 0 Å². The molecular formula is C22H23N3O2S. The minimum atomic E-state index is -0.222. The summed E-state index contributed by atoms with van der Waals surface area (Å²) in [5.74, 6) is -0.435. The van der Waals surface area contributed by atoms with Crippen molar-refractivity contribution in [2.24, 2.45) is 0 Å². The number of aromatic nitrogens is 1. The van der Waals surface area contributed by atoms with Crippen molar-refractivity contribution >= 4 is 28.8 Å². The highest BCUT2D eigenvalue weighted by atomic mass is 32.1. The maximum Gasteiger partial charge on any atom is 0.273 e. The molecule has 2 aromatic carbocycles. The molecule has 144 valence electrons. The van der Waals surface area contributed by atoms with Gasteiger partial charge in [-0.3, -0.25) is 9.59 Å². The molecule has 3 aromatic rings. The normalized spacial score (nSPS) is 10.5. The highest BCUT2D eigenvalue weighted by molar-refractivity contribution is 7.13. The number of rotatable bonds is 7. The molecule has 28 heavy (non-hydrogen) atoms. The summed E-state index contributed by atoms with van der Waals surface area (Å²) < 4.78 is 0. The van der Waals surface area contributed by atoms with Crippen LogP contribution in [0.25, 0.3) is 10.6 Å². The van der Waals surface area contributed by atoms with Gasteiger partial charge in [0, 0.05) is 23.2 Å². The van der Waals surface area contributed by atoms with Crippen LogP contribution in [0.4, 0.5) is 5.69 Å². The van der Waals surface area contributed by atoms with Crippen LogP contribution in [0.1, 0.15) is 29.4 Å². The van der Waals surface area contributed by atoms with Crippen LogP contribution in [0.15, 0.2) is 60.0 Å². The summed E-state index contributed by atoms with van der Waals surface area (Å²) in [4.78, 5) is 31.5. The van der Waals surface area contributed by atoms with Gasteiger partial charge in [-0.2, -0.15) is 0 Å². The van der Waals surface area contributed by atoms with E-state index in [1.165, 1.54) is 11.3 Å². The summed E-state index contributed by atoms with van der Waals surface area (Å²) in [6.45, 7) is 4.42. The van der Waals surface area contributed by atoms with Crippen molar-refractivity contribution in [1.82, 2.24) is 9.88 Å². The quantitative estimate of drug-likeness (QED) is 0.638. The highest BCUT2D eigenvalue weighted by Crippen LogP contribution is 2.24. The zero-order chi connectivity index (χ0) is 19.9. The molecule has 0 saturated carbocycles. The molecule has 1 aromatic heterocycles. The van der Waals surface area contributed by atoms with Gasteiger partial charge in [0.15, 0.2) is 0 Å². The molecule has 1 N–H and O–H groups in total. The third-order valence-corrected chi connectivity index (χ3v) is 5.17. The van der Waals surface area contributed by atoms with E-state index in [1.54, 1.807) is 10.3 Å². The van der Waals surface area contributed by atoms with Gasteiger partial charge >= 0.3 is 0 Å². The molecule has 0 bridgehead atoms. The SMILES string of the molecule is CCCN(CC(=O)Nc1ccccc1C)C(=O)c1csc(-c2ccccc2)n1. The second-order valence-corrected chi connectivity index (χ2v) is 7.35. The van der Waals surface area contributed by atoms with Gasteiger partial charge in [-0.1, -0.05) is 55.5 Å². The topological polar surface area (TPSA) is 62.3 Å². The Labute approximate surface area is 169 Å². The molecule has 2 amide bonds. The summed E-state index contributed by atoms with van der Waals surface area (Å²) in [5.41, 5.74) is 3.10. The Morgan fingerprint density at radius 2 is 1.79 bits per heavy atom. The average molecular weight is 394 g/mol. The van der Waals surface area contributed by atoms with Crippen LogP contribution in [-0.4, -0.2) is 34.8 Å². The number of benzene rings is 2. The standard InChI is InChI=1S/C22H23N3O2S/c1-3-13-25(14-20(26)23-18-12-8-7-9-16(18)2)22(27)19-15-28-21(24-19)17-10-5-4-6-11-17/h4-12,15H,3,13-14H2,1-2H3,(H,23,26). The fourth-order valence-electron chi connectivity index (χ4n) is 2.85. The molecule has 0 radical (unpaired) electrons. The van der Waals surface area contributed by atoms with Crippen molar-refractivity contribution in [1.29, 1.82) is 0 Å². The second kappa shape index (κ2) is 9.28. The van der Waals surface area contributed by atoms with E-state index in [4.69, 9.17) is 0 Å². The first-order valence-electron chi connectivity index (χ1n) is 9.24. The lowest BCUT2D eigenvalue weighted by atomic mass is 10.2. The van der Waals surface area contributed by atoms with Gasteiger partial charge in [0.1, 0.15) is 17.2 Å². The largest absolute Gasteiger partial charge is 0.328 e. The first kappa shape index (κ1) is 19.8. The van der Waals surface area contributed by atoms with Gasteiger partial charge in [0.2, 0.25) is 5.91 Å².